The monoisotopic (exact) mass is 323 g/mol. The lowest BCUT2D eigenvalue weighted by atomic mass is 10.1. The van der Waals surface area contributed by atoms with E-state index >= 15 is 0 Å². The van der Waals surface area contributed by atoms with Crippen LogP contribution in [-0.2, 0) is 0 Å². The maximum absolute atomic E-state index is 12.6. The van der Waals surface area contributed by atoms with Gasteiger partial charge in [0.25, 0.3) is 5.56 Å². The lowest BCUT2D eigenvalue weighted by Gasteiger charge is -2.06. The molecule has 0 saturated heterocycles. The van der Waals surface area contributed by atoms with Gasteiger partial charge >= 0.3 is 0 Å². The second-order valence-electron chi connectivity index (χ2n) is 5.63. The average Bonchev–Trinajstić information content (AvgIpc) is 2.93. The number of H-pyrrole nitrogens is 1. The van der Waals surface area contributed by atoms with Gasteiger partial charge in [0.2, 0.25) is 5.95 Å². The van der Waals surface area contributed by atoms with Gasteiger partial charge in [-0.05, 0) is 18.6 Å². The first kappa shape index (κ1) is 14.2. The number of fused-ring (bicyclic) bond motifs is 5. The Bertz CT molecular complexity index is 1060. The number of aromatic amines is 1. The van der Waals surface area contributed by atoms with Gasteiger partial charge in [-0.15, -0.1) is 11.3 Å². The molecule has 2 N–H and O–H groups in total. The van der Waals surface area contributed by atoms with Crippen LogP contribution in [0.25, 0.3) is 31.1 Å². The largest absolute Gasteiger partial charge is 0.356 e. The zero-order valence-electron chi connectivity index (χ0n) is 12.8. The summed E-state index contributed by atoms with van der Waals surface area (Å²) in [5.74, 6) is 0.552. The van der Waals surface area contributed by atoms with Crippen molar-refractivity contribution >= 4 is 48.4 Å². The van der Waals surface area contributed by atoms with E-state index in [0.29, 0.717) is 11.3 Å². The van der Waals surface area contributed by atoms with E-state index in [9.17, 15) is 4.79 Å². The standard InChI is InChI=1S/C18H17N3OS/c1-2-3-10-19-18-20-13-9-8-12-11-6-4-5-7-14(11)23-16(12)15(13)17(22)21-18/h4-9H,2-3,10H2,1H3,(H2,19,20,21,22). The fourth-order valence-corrected chi connectivity index (χ4v) is 4.12. The first-order valence-electron chi connectivity index (χ1n) is 7.86. The molecule has 0 aliphatic rings. The van der Waals surface area contributed by atoms with Crippen LogP contribution < -0.4 is 10.9 Å². The van der Waals surface area contributed by atoms with Crippen LogP contribution in [0.15, 0.2) is 41.2 Å². The summed E-state index contributed by atoms with van der Waals surface area (Å²) in [5.41, 5.74) is 0.665. The number of aromatic nitrogens is 2. The Morgan fingerprint density at radius 3 is 2.91 bits per heavy atom. The summed E-state index contributed by atoms with van der Waals surface area (Å²) in [6, 6.07) is 12.3. The Hall–Kier alpha value is -2.40. The normalized spacial score (nSPS) is 11.5. The third-order valence-corrected chi connectivity index (χ3v) is 5.24. The summed E-state index contributed by atoms with van der Waals surface area (Å²) < 4.78 is 2.21. The molecule has 2 aromatic heterocycles. The molecule has 5 heteroatoms. The predicted octanol–water partition coefficient (Wildman–Crippen LogP) is 4.50. The molecule has 0 spiro atoms. The Labute approximate surface area is 137 Å². The third-order valence-electron chi connectivity index (χ3n) is 4.04. The van der Waals surface area contributed by atoms with Gasteiger partial charge < -0.3 is 5.32 Å². The number of hydrogen-bond acceptors (Lipinski definition) is 4. The number of anilines is 1. The van der Waals surface area contributed by atoms with Gasteiger partial charge in [-0.2, -0.15) is 0 Å². The summed E-state index contributed by atoms with van der Waals surface area (Å²) in [4.78, 5) is 20.0. The smallest absolute Gasteiger partial charge is 0.261 e. The van der Waals surface area contributed by atoms with Gasteiger partial charge in [0.1, 0.15) is 0 Å². The molecule has 4 nitrogen and oxygen atoms in total. The molecule has 0 bridgehead atoms. The summed E-state index contributed by atoms with van der Waals surface area (Å²) in [7, 11) is 0. The molecule has 4 rings (SSSR count). The van der Waals surface area contributed by atoms with Crippen molar-refractivity contribution in [3.63, 3.8) is 0 Å². The van der Waals surface area contributed by atoms with E-state index in [0.717, 1.165) is 35.0 Å². The van der Waals surface area contributed by atoms with Crippen LogP contribution in [0.3, 0.4) is 0 Å². The average molecular weight is 323 g/mol. The highest BCUT2D eigenvalue weighted by molar-refractivity contribution is 7.26. The minimum absolute atomic E-state index is 0.0776. The predicted molar refractivity (Wildman–Crippen MR) is 98.7 cm³/mol. The second-order valence-corrected chi connectivity index (χ2v) is 6.68. The SMILES string of the molecule is CCCCNc1nc2ccc3c4ccccc4sc3c2c(=O)[nH]1. The van der Waals surface area contributed by atoms with Crippen LogP contribution >= 0.6 is 11.3 Å². The molecule has 4 aromatic rings. The zero-order chi connectivity index (χ0) is 15.8. The summed E-state index contributed by atoms with van der Waals surface area (Å²) >= 11 is 1.65. The Kier molecular flexibility index (Phi) is 3.50. The maximum Gasteiger partial charge on any atom is 0.261 e. The summed E-state index contributed by atoms with van der Waals surface area (Å²) in [6.07, 6.45) is 2.16. The molecule has 0 radical (unpaired) electrons. The molecular formula is C18H17N3OS. The molecule has 23 heavy (non-hydrogen) atoms. The lowest BCUT2D eigenvalue weighted by Crippen LogP contribution is -2.14. The fraction of sp³-hybridized carbons (Fsp3) is 0.222. The van der Waals surface area contributed by atoms with Crippen LogP contribution in [0.5, 0.6) is 0 Å². The van der Waals surface area contributed by atoms with Gasteiger partial charge in [-0.3, -0.25) is 9.78 Å². The van der Waals surface area contributed by atoms with Crippen molar-refractivity contribution in [3.05, 3.63) is 46.8 Å². The van der Waals surface area contributed by atoms with Crippen LogP contribution in [0.1, 0.15) is 19.8 Å². The van der Waals surface area contributed by atoms with Gasteiger partial charge in [0, 0.05) is 22.0 Å². The van der Waals surface area contributed by atoms with E-state index in [-0.39, 0.29) is 5.56 Å². The molecule has 2 heterocycles. The maximum atomic E-state index is 12.6. The molecule has 2 aromatic carbocycles. The van der Waals surface area contributed by atoms with Crippen LogP contribution in [-0.4, -0.2) is 16.5 Å². The highest BCUT2D eigenvalue weighted by Crippen LogP contribution is 2.36. The number of rotatable bonds is 4. The molecule has 0 unspecified atom stereocenters. The van der Waals surface area contributed by atoms with Gasteiger partial charge in [0.05, 0.1) is 15.6 Å². The zero-order valence-corrected chi connectivity index (χ0v) is 13.7. The van der Waals surface area contributed by atoms with E-state index in [1.54, 1.807) is 11.3 Å². The Morgan fingerprint density at radius 2 is 2.04 bits per heavy atom. The van der Waals surface area contributed by atoms with Crippen molar-refractivity contribution in [3.8, 4) is 0 Å². The number of nitrogens with zero attached hydrogens (tertiary/aromatic N) is 1. The van der Waals surface area contributed by atoms with E-state index in [1.807, 2.05) is 18.2 Å². The third kappa shape index (κ3) is 2.37. The van der Waals surface area contributed by atoms with Gasteiger partial charge in [-0.1, -0.05) is 37.6 Å². The van der Waals surface area contributed by atoms with E-state index in [4.69, 9.17) is 0 Å². The minimum Gasteiger partial charge on any atom is -0.356 e. The van der Waals surface area contributed by atoms with Crippen LogP contribution in [0.2, 0.25) is 0 Å². The van der Waals surface area contributed by atoms with Crippen molar-refractivity contribution in [2.45, 2.75) is 19.8 Å². The Morgan fingerprint density at radius 1 is 1.17 bits per heavy atom. The quantitative estimate of drug-likeness (QED) is 0.544. The van der Waals surface area contributed by atoms with Crippen LogP contribution in [0.4, 0.5) is 5.95 Å². The Balaban J connectivity index is 1.94. The summed E-state index contributed by atoms with van der Waals surface area (Å²) in [5, 5.41) is 6.19. The first-order valence-corrected chi connectivity index (χ1v) is 8.67. The molecular weight excluding hydrogens is 306 g/mol. The first-order chi connectivity index (χ1) is 11.3. The molecule has 0 saturated carbocycles. The molecule has 0 fully saturated rings. The number of thiophene rings is 1. The van der Waals surface area contributed by atoms with E-state index in [2.05, 4.69) is 40.4 Å². The highest BCUT2D eigenvalue weighted by Gasteiger charge is 2.12. The van der Waals surface area contributed by atoms with Crippen molar-refractivity contribution < 1.29 is 0 Å². The van der Waals surface area contributed by atoms with E-state index in [1.165, 1.54) is 10.1 Å². The van der Waals surface area contributed by atoms with Crippen molar-refractivity contribution in [2.75, 3.05) is 11.9 Å². The van der Waals surface area contributed by atoms with Crippen LogP contribution in [0, 0.1) is 0 Å². The van der Waals surface area contributed by atoms with Gasteiger partial charge in [-0.25, -0.2) is 4.98 Å². The van der Waals surface area contributed by atoms with Crippen molar-refractivity contribution in [1.29, 1.82) is 0 Å². The van der Waals surface area contributed by atoms with Crippen molar-refractivity contribution in [2.24, 2.45) is 0 Å². The minimum atomic E-state index is -0.0776. The number of hydrogen-bond donors (Lipinski definition) is 2. The fourth-order valence-electron chi connectivity index (χ4n) is 2.88. The number of nitrogens with one attached hydrogen (secondary N) is 2. The van der Waals surface area contributed by atoms with Crippen molar-refractivity contribution in [1.82, 2.24) is 9.97 Å². The summed E-state index contributed by atoms with van der Waals surface area (Å²) in [6.45, 7) is 2.95. The van der Waals surface area contributed by atoms with E-state index < -0.39 is 0 Å². The number of unbranched alkanes of at least 4 members (excludes halogenated alkanes) is 1. The highest BCUT2D eigenvalue weighted by atomic mass is 32.1. The molecule has 0 atom stereocenters. The second kappa shape index (κ2) is 5.66. The lowest BCUT2D eigenvalue weighted by molar-refractivity contribution is 0.826. The van der Waals surface area contributed by atoms with Gasteiger partial charge in [0.15, 0.2) is 0 Å². The molecule has 116 valence electrons. The molecule has 0 aliphatic heterocycles. The topological polar surface area (TPSA) is 57.8 Å². The number of benzene rings is 2. The molecule has 0 aliphatic carbocycles. The molecule has 0 amide bonds.